The van der Waals surface area contributed by atoms with Gasteiger partial charge in [-0.1, -0.05) is 34.2 Å². The minimum absolute atomic E-state index is 0.173. The van der Waals surface area contributed by atoms with Crippen LogP contribution in [0.5, 0.6) is 5.75 Å². The number of benzene rings is 2. The van der Waals surface area contributed by atoms with Crippen molar-refractivity contribution in [3.63, 3.8) is 0 Å². The minimum atomic E-state index is -5.06. The molecule has 2 aromatic rings. The van der Waals surface area contributed by atoms with Crippen molar-refractivity contribution in [1.82, 2.24) is 0 Å². The highest BCUT2D eigenvalue weighted by Crippen LogP contribution is 2.25. The van der Waals surface area contributed by atoms with E-state index in [0.29, 0.717) is 5.69 Å². The Kier molecular flexibility index (Phi) is 4.70. The third kappa shape index (κ3) is 4.53. The smallest absolute Gasteiger partial charge is 0.358 e. The molecule has 0 heterocycles. The molecule has 2 rings (SSSR count). The average Bonchev–Trinajstić information content (AvgIpc) is 2.48. The molecule has 0 saturated carbocycles. The number of rotatable bonds is 5. The van der Waals surface area contributed by atoms with E-state index in [1.54, 1.807) is 13.8 Å². The number of amides is 1. The van der Waals surface area contributed by atoms with Crippen LogP contribution in [0.15, 0.2) is 54.6 Å². The van der Waals surface area contributed by atoms with Crippen molar-refractivity contribution >= 4 is 22.1 Å². The second kappa shape index (κ2) is 6.37. The van der Waals surface area contributed by atoms with E-state index < -0.39 is 15.9 Å². The molecule has 0 spiro atoms. The van der Waals surface area contributed by atoms with Gasteiger partial charge in [-0.05, 0) is 43.7 Å². The summed E-state index contributed by atoms with van der Waals surface area (Å²) in [7, 11) is -5.06. The van der Waals surface area contributed by atoms with Crippen LogP contribution in [0, 0.1) is 0 Å². The van der Waals surface area contributed by atoms with E-state index in [4.69, 9.17) is 0 Å². The van der Waals surface area contributed by atoms with Crippen molar-refractivity contribution in [3.05, 3.63) is 60.2 Å². The third-order valence-electron chi connectivity index (χ3n) is 3.37. The lowest BCUT2D eigenvalue weighted by atomic mass is 9.83. The molecule has 0 fully saturated rings. The second-order valence-corrected chi connectivity index (χ2v) is 6.40. The fourth-order valence-corrected chi connectivity index (χ4v) is 2.32. The van der Waals surface area contributed by atoms with Crippen LogP contribution in [-0.2, 0) is 20.7 Å². The van der Waals surface area contributed by atoms with Crippen molar-refractivity contribution in [2.45, 2.75) is 19.3 Å². The van der Waals surface area contributed by atoms with E-state index >= 15 is 0 Å². The Balaban J connectivity index is 2.11. The normalized spacial score (nSPS) is 11.8. The summed E-state index contributed by atoms with van der Waals surface area (Å²) in [5.74, 6) is -0.400. The number of carbonyl (C=O) groups excluding carboxylic acids is 1. The molecule has 23 heavy (non-hydrogen) atoms. The number of halogens is 1. The van der Waals surface area contributed by atoms with Gasteiger partial charge in [0.2, 0.25) is 5.91 Å². The first kappa shape index (κ1) is 17.0. The summed E-state index contributed by atoms with van der Waals surface area (Å²) >= 11 is 0. The Morgan fingerprint density at radius 3 is 2.13 bits per heavy atom. The lowest BCUT2D eigenvalue weighted by Crippen LogP contribution is -2.34. The number of anilines is 1. The molecule has 0 bridgehead atoms. The zero-order valence-corrected chi connectivity index (χ0v) is 13.4. The van der Waals surface area contributed by atoms with E-state index in [0.717, 1.165) is 5.56 Å². The van der Waals surface area contributed by atoms with E-state index in [1.165, 1.54) is 24.3 Å². The maximum Gasteiger partial charge on any atom is 0.488 e. The van der Waals surface area contributed by atoms with Gasteiger partial charge >= 0.3 is 10.5 Å². The van der Waals surface area contributed by atoms with Crippen molar-refractivity contribution in [1.29, 1.82) is 0 Å². The molecule has 0 aliphatic heterocycles. The van der Waals surface area contributed by atoms with Gasteiger partial charge in [0.25, 0.3) is 0 Å². The molecule has 0 atom stereocenters. The van der Waals surface area contributed by atoms with Gasteiger partial charge in [0.15, 0.2) is 0 Å². The second-order valence-electron chi connectivity index (χ2n) is 5.45. The van der Waals surface area contributed by atoms with Gasteiger partial charge in [-0.25, -0.2) is 0 Å². The number of hydrogen-bond acceptors (Lipinski definition) is 4. The SMILES string of the molecule is CC(C)(C(=O)Nc1ccc(OS(=O)(=O)F)cc1)c1ccccc1. The summed E-state index contributed by atoms with van der Waals surface area (Å²) in [5.41, 5.74) is 0.558. The summed E-state index contributed by atoms with van der Waals surface area (Å²) < 4.78 is 37.3. The van der Waals surface area contributed by atoms with Gasteiger partial charge in [-0.2, -0.15) is 8.42 Å². The highest BCUT2D eigenvalue weighted by Gasteiger charge is 2.29. The maximum atomic E-state index is 12.5. The fraction of sp³-hybridized carbons (Fsp3) is 0.188. The van der Waals surface area contributed by atoms with Crippen LogP contribution in [0.25, 0.3) is 0 Å². The monoisotopic (exact) mass is 337 g/mol. The summed E-state index contributed by atoms with van der Waals surface area (Å²) in [4.78, 5) is 12.5. The standard InChI is InChI=1S/C16H16FNO4S/c1-16(2,12-6-4-3-5-7-12)15(19)18-13-8-10-14(11-9-13)22-23(17,20)21/h3-11H,1-2H3,(H,18,19). The molecule has 0 aliphatic carbocycles. The predicted molar refractivity (Wildman–Crippen MR) is 85.2 cm³/mol. The zero-order chi connectivity index (χ0) is 17.1. The Morgan fingerprint density at radius 1 is 1.04 bits per heavy atom. The first-order valence-corrected chi connectivity index (χ1v) is 8.10. The van der Waals surface area contributed by atoms with Crippen LogP contribution < -0.4 is 9.50 Å². The Hall–Kier alpha value is -2.41. The fourth-order valence-electron chi connectivity index (χ4n) is 1.98. The molecule has 5 nitrogen and oxygen atoms in total. The molecule has 0 saturated heterocycles. The van der Waals surface area contributed by atoms with Crippen molar-refractivity contribution in [3.8, 4) is 5.75 Å². The van der Waals surface area contributed by atoms with Gasteiger partial charge < -0.3 is 9.50 Å². The predicted octanol–water partition coefficient (Wildman–Crippen LogP) is 3.20. The van der Waals surface area contributed by atoms with Gasteiger partial charge in [0.1, 0.15) is 5.75 Å². The van der Waals surface area contributed by atoms with Crippen molar-refractivity contribution in [2.24, 2.45) is 0 Å². The van der Waals surface area contributed by atoms with Crippen LogP contribution in [0.2, 0.25) is 0 Å². The highest BCUT2D eigenvalue weighted by atomic mass is 32.3. The minimum Gasteiger partial charge on any atom is -0.358 e. The van der Waals surface area contributed by atoms with Crippen LogP contribution in [0.4, 0.5) is 9.57 Å². The number of nitrogens with one attached hydrogen (secondary N) is 1. The summed E-state index contributed by atoms with van der Waals surface area (Å²) in [6.07, 6.45) is 0. The molecule has 1 N–H and O–H groups in total. The lowest BCUT2D eigenvalue weighted by Gasteiger charge is -2.24. The van der Waals surface area contributed by atoms with E-state index in [9.17, 15) is 17.1 Å². The lowest BCUT2D eigenvalue weighted by molar-refractivity contribution is -0.120. The van der Waals surface area contributed by atoms with Crippen molar-refractivity contribution < 1.29 is 21.3 Å². The Bertz CT molecular complexity index is 787. The van der Waals surface area contributed by atoms with Crippen LogP contribution >= 0.6 is 0 Å². The van der Waals surface area contributed by atoms with Crippen LogP contribution in [0.3, 0.4) is 0 Å². The highest BCUT2D eigenvalue weighted by molar-refractivity contribution is 7.81. The summed E-state index contributed by atoms with van der Waals surface area (Å²) in [6.45, 7) is 3.59. The topological polar surface area (TPSA) is 72.5 Å². The van der Waals surface area contributed by atoms with Crippen molar-refractivity contribution in [2.75, 3.05) is 5.32 Å². The van der Waals surface area contributed by atoms with E-state index in [-0.39, 0.29) is 11.7 Å². The molecule has 0 radical (unpaired) electrons. The molecule has 1 amide bonds. The number of carbonyl (C=O) groups is 1. The first-order valence-electron chi connectivity index (χ1n) is 6.79. The van der Waals surface area contributed by atoms with Crippen LogP contribution in [0.1, 0.15) is 19.4 Å². The quantitative estimate of drug-likeness (QED) is 0.851. The molecule has 122 valence electrons. The maximum absolute atomic E-state index is 12.5. The van der Waals surface area contributed by atoms with E-state index in [2.05, 4.69) is 9.50 Å². The molecule has 7 heteroatoms. The molecular formula is C16H16FNO4S. The third-order valence-corrected chi connectivity index (χ3v) is 3.76. The molecule has 0 unspecified atom stereocenters. The first-order chi connectivity index (χ1) is 10.7. The van der Waals surface area contributed by atoms with E-state index in [1.807, 2.05) is 30.3 Å². The molecule has 0 aromatic heterocycles. The summed E-state index contributed by atoms with van der Waals surface area (Å²) in [5, 5.41) is 2.73. The summed E-state index contributed by atoms with van der Waals surface area (Å²) in [6, 6.07) is 14.7. The van der Waals surface area contributed by atoms with Crippen LogP contribution in [-0.4, -0.2) is 14.3 Å². The average molecular weight is 337 g/mol. The van der Waals surface area contributed by atoms with Gasteiger partial charge in [-0.15, -0.1) is 0 Å². The largest absolute Gasteiger partial charge is 0.488 e. The Morgan fingerprint density at radius 2 is 1.61 bits per heavy atom. The zero-order valence-electron chi connectivity index (χ0n) is 12.6. The number of hydrogen-bond donors (Lipinski definition) is 1. The Labute approximate surface area is 134 Å². The molecule has 2 aromatic carbocycles. The molecule has 0 aliphatic rings. The van der Waals surface area contributed by atoms with Gasteiger partial charge in [0.05, 0.1) is 5.41 Å². The van der Waals surface area contributed by atoms with Gasteiger partial charge in [0, 0.05) is 5.69 Å². The van der Waals surface area contributed by atoms with Gasteiger partial charge in [-0.3, -0.25) is 4.79 Å². The molecular weight excluding hydrogens is 321 g/mol.